The maximum Gasteiger partial charge on any atom is 0.293 e. The van der Waals surface area contributed by atoms with Crippen LogP contribution in [0.5, 0.6) is 0 Å². The zero-order valence-electron chi connectivity index (χ0n) is 16.9. The fraction of sp³-hybridized carbons (Fsp3) is 0.350. The van der Waals surface area contributed by atoms with Crippen LogP contribution in [0.4, 0.5) is 11.4 Å². The molecule has 0 radical (unpaired) electrons. The van der Waals surface area contributed by atoms with Crippen molar-refractivity contribution < 1.29 is 17.8 Å². The second kappa shape index (κ2) is 8.77. The Morgan fingerprint density at radius 1 is 1.32 bits per heavy atom. The number of nitro benzene ring substituents is 1. The van der Waals surface area contributed by atoms with E-state index in [4.69, 9.17) is 4.42 Å². The standard InChI is InChI=1S/C20H22N4O5S2/c1-14-6-8-23(9-7-14)31(27,28)16-4-5-17(18(11-16)24(25)26)21-12-15-13-29-20(22-15)19-3-2-10-30-19/h2-5,10-11,13-14,21H,6-9,12H2,1H3. The number of nitrogens with zero attached hydrogens (tertiary/aromatic N) is 3. The second-order valence-corrected chi connectivity index (χ2v) is 10.4. The first-order valence-electron chi connectivity index (χ1n) is 9.85. The van der Waals surface area contributed by atoms with Gasteiger partial charge in [0, 0.05) is 19.2 Å². The molecule has 0 saturated carbocycles. The van der Waals surface area contributed by atoms with Crippen molar-refractivity contribution in [2.24, 2.45) is 5.92 Å². The van der Waals surface area contributed by atoms with Crippen molar-refractivity contribution in [3.05, 3.63) is 57.8 Å². The van der Waals surface area contributed by atoms with E-state index in [1.54, 1.807) is 0 Å². The van der Waals surface area contributed by atoms with Gasteiger partial charge in [-0.2, -0.15) is 4.31 Å². The minimum absolute atomic E-state index is 0.0688. The fourth-order valence-electron chi connectivity index (χ4n) is 3.43. The summed E-state index contributed by atoms with van der Waals surface area (Å²) in [7, 11) is -3.77. The lowest BCUT2D eigenvalue weighted by molar-refractivity contribution is -0.384. The van der Waals surface area contributed by atoms with Gasteiger partial charge in [0.25, 0.3) is 5.69 Å². The van der Waals surface area contributed by atoms with Crippen LogP contribution in [-0.4, -0.2) is 35.7 Å². The van der Waals surface area contributed by atoms with Crippen LogP contribution >= 0.6 is 11.3 Å². The minimum Gasteiger partial charge on any atom is -0.443 e. The van der Waals surface area contributed by atoms with Gasteiger partial charge in [0.05, 0.1) is 26.9 Å². The van der Waals surface area contributed by atoms with E-state index in [1.807, 2.05) is 17.5 Å². The van der Waals surface area contributed by atoms with E-state index >= 15 is 0 Å². The molecule has 1 aliphatic rings. The van der Waals surface area contributed by atoms with Gasteiger partial charge in [0.2, 0.25) is 15.9 Å². The molecule has 0 atom stereocenters. The Bertz CT molecular complexity index is 1170. The summed E-state index contributed by atoms with van der Waals surface area (Å²) in [5.74, 6) is 0.961. The van der Waals surface area contributed by atoms with Crippen LogP contribution in [0.25, 0.3) is 10.8 Å². The van der Waals surface area contributed by atoms with Gasteiger partial charge in [-0.25, -0.2) is 13.4 Å². The number of nitrogens with one attached hydrogen (secondary N) is 1. The third kappa shape index (κ3) is 4.63. The van der Waals surface area contributed by atoms with Gasteiger partial charge in [-0.05, 0) is 42.3 Å². The summed E-state index contributed by atoms with van der Waals surface area (Å²) in [5.41, 5.74) is 0.502. The highest BCUT2D eigenvalue weighted by Gasteiger charge is 2.30. The van der Waals surface area contributed by atoms with Crippen molar-refractivity contribution in [3.63, 3.8) is 0 Å². The highest BCUT2D eigenvalue weighted by Crippen LogP contribution is 2.31. The van der Waals surface area contributed by atoms with Crippen molar-refractivity contribution >= 4 is 32.7 Å². The van der Waals surface area contributed by atoms with E-state index in [2.05, 4.69) is 17.2 Å². The molecule has 0 amide bonds. The van der Waals surface area contributed by atoms with Gasteiger partial charge in [0.15, 0.2) is 0 Å². The SMILES string of the molecule is CC1CCN(S(=O)(=O)c2ccc(NCc3coc(-c4cccs4)n3)c([N+](=O)[O-])c2)CC1. The largest absolute Gasteiger partial charge is 0.443 e. The molecular formula is C20H22N4O5S2. The van der Waals surface area contributed by atoms with Crippen LogP contribution in [0.15, 0.2) is 51.3 Å². The van der Waals surface area contributed by atoms with Crippen molar-refractivity contribution in [1.82, 2.24) is 9.29 Å². The first kappa shape index (κ1) is 21.5. The van der Waals surface area contributed by atoms with Crippen LogP contribution in [0.3, 0.4) is 0 Å². The lowest BCUT2D eigenvalue weighted by Crippen LogP contribution is -2.37. The fourth-order valence-corrected chi connectivity index (χ4v) is 5.58. The lowest BCUT2D eigenvalue weighted by atomic mass is 10.0. The highest BCUT2D eigenvalue weighted by molar-refractivity contribution is 7.89. The first-order chi connectivity index (χ1) is 14.8. The van der Waals surface area contributed by atoms with Crippen LogP contribution in [0.1, 0.15) is 25.5 Å². The number of nitro groups is 1. The Morgan fingerprint density at radius 2 is 2.10 bits per heavy atom. The third-order valence-electron chi connectivity index (χ3n) is 5.29. The molecule has 4 rings (SSSR count). The Kier molecular flexibility index (Phi) is 6.08. The minimum atomic E-state index is -3.77. The summed E-state index contributed by atoms with van der Waals surface area (Å²) in [6.07, 6.45) is 3.06. The van der Waals surface area contributed by atoms with Crippen LogP contribution in [0, 0.1) is 16.0 Å². The molecule has 1 fully saturated rings. The molecule has 0 aliphatic carbocycles. The van der Waals surface area contributed by atoms with Gasteiger partial charge in [-0.1, -0.05) is 13.0 Å². The van der Waals surface area contributed by atoms with Crippen molar-refractivity contribution in [3.8, 4) is 10.8 Å². The van der Waals surface area contributed by atoms with Gasteiger partial charge in [-0.15, -0.1) is 11.3 Å². The Balaban J connectivity index is 1.52. The van der Waals surface area contributed by atoms with Gasteiger partial charge in [-0.3, -0.25) is 10.1 Å². The molecule has 11 heteroatoms. The molecule has 0 unspecified atom stereocenters. The second-order valence-electron chi connectivity index (χ2n) is 7.50. The topological polar surface area (TPSA) is 119 Å². The molecule has 1 aromatic carbocycles. The molecule has 1 aliphatic heterocycles. The maximum atomic E-state index is 12.9. The van der Waals surface area contributed by atoms with E-state index in [0.717, 1.165) is 23.8 Å². The molecule has 3 heterocycles. The zero-order chi connectivity index (χ0) is 22.0. The summed E-state index contributed by atoms with van der Waals surface area (Å²) in [5, 5.41) is 16.5. The summed E-state index contributed by atoms with van der Waals surface area (Å²) in [6.45, 7) is 3.14. The van der Waals surface area contributed by atoms with Gasteiger partial charge >= 0.3 is 0 Å². The summed E-state index contributed by atoms with van der Waals surface area (Å²) in [6, 6.07) is 7.74. The quantitative estimate of drug-likeness (QED) is 0.410. The molecule has 31 heavy (non-hydrogen) atoms. The number of thiophene rings is 1. The van der Waals surface area contributed by atoms with Gasteiger partial charge < -0.3 is 9.73 Å². The van der Waals surface area contributed by atoms with E-state index in [-0.39, 0.29) is 22.8 Å². The van der Waals surface area contributed by atoms with Gasteiger partial charge in [0.1, 0.15) is 12.0 Å². The monoisotopic (exact) mass is 462 g/mol. The van der Waals surface area contributed by atoms with Crippen LogP contribution in [0.2, 0.25) is 0 Å². The number of aromatic nitrogens is 1. The number of oxazole rings is 1. The molecule has 0 bridgehead atoms. The number of hydrogen-bond acceptors (Lipinski definition) is 8. The molecule has 1 N–H and O–H groups in total. The third-order valence-corrected chi connectivity index (χ3v) is 8.04. The van der Waals surface area contributed by atoms with Crippen LogP contribution < -0.4 is 5.32 Å². The predicted octanol–water partition coefficient (Wildman–Crippen LogP) is 4.34. The Morgan fingerprint density at radius 3 is 2.77 bits per heavy atom. The Labute approximate surface area is 183 Å². The Hall–Kier alpha value is -2.76. The number of anilines is 1. The number of sulfonamides is 1. The van der Waals surface area contributed by atoms with Crippen molar-refractivity contribution in [1.29, 1.82) is 0 Å². The smallest absolute Gasteiger partial charge is 0.293 e. The first-order valence-corrected chi connectivity index (χ1v) is 12.2. The van der Waals surface area contributed by atoms with E-state index in [9.17, 15) is 18.5 Å². The molecule has 2 aromatic heterocycles. The number of rotatable bonds is 7. The molecule has 1 saturated heterocycles. The number of benzene rings is 1. The number of hydrogen-bond donors (Lipinski definition) is 1. The average Bonchev–Trinajstić information content (AvgIpc) is 3.44. The molecule has 0 spiro atoms. The van der Waals surface area contributed by atoms with Crippen molar-refractivity contribution in [2.75, 3.05) is 18.4 Å². The van der Waals surface area contributed by atoms with E-state index in [1.165, 1.54) is 34.0 Å². The summed E-state index contributed by atoms with van der Waals surface area (Å²) in [4.78, 5) is 16.2. The van der Waals surface area contributed by atoms with E-state index in [0.29, 0.717) is 30.6 Å². The number of piperidine rings is 1. The highest BCUT2D eigenvalue weighted by atomic mass is 32.2. The van der Waals surface area contributed by atoms with Crippen molar-refractivity contribution in [2.45, 2.75) is 31.2 Å². The van der Waals surface area contributed by atoms with E-state index < -0.39 is 14.9 Å². The molecule has 164 valence electrons. The van der Waals surface area contributed by atoms with Crippen LogP contribution in [-0.2, 0) is 16.6 Å². The zero-order valence-corrected chi connectivity index (χ0v) is 18.5. The average molecular weight is 463 g/mol. The lowest BCUT2D eigenvalue weighted by Gasteiger charge is -2.29. The summed E-state index contributed by atoms with van der Waals surface area (Å²) >= 11 is 1.50. The normalized spacial score (nSPS) is 15.8. The predicted molar refractivity (Wildman–Crippen MR) is 117 cm³/mol. The molecule has 3 aromatic rings. The molecule has 9 nitrogen and oxygen atoms in total. The maximum absolute atomic E-state index is 12.9. The molecular weight excluding hydrogens is 440 g/mol. The summed E-state index contributed by atoms with van der Waals surface area (Å²) < 4.78 is 32.7.